The molecule has 1 aliphatic carbocycles. The van der Waals surface area contributed by atoms with E-state index in [4.69, 9.17) is 11.6 Å². The number of aromatic hydroxyl groups is 1. The molecule has 1 N–H and O–H groups in total. The van der Waals surface area contributed by atoms with Gasteiger partial charge in [-0.05, 0) is 36.0 Å². The fourth-order valence-electron chi connectivity index (χ4n) is 3.24. The van der Waals surface area contributed by atoms with Gasteiger partial charge in [0.15, 0.2) is 5.75 Å². The largest absolute Gasteiger partial charge is 0.503 e. The Morgan fingerprint density at radius 2 is 2.04 bits per heavy atom. The SMILES string of the molecule is O=c1cc2n(cc1O)CCN(Cc1ccc(C3CC3)cc1Cl)C2. The van der Waals surface area contributed by atoms with E-state index in [2.05, 4.69) is 23.1 Å². The van der Waals surface area contributed by atoms with Gasteiger partial charge in [0.1, 0.15) is 0 Å². The predicted octanol–water partition coefficient (Wildman–Crippen LogP) is 3.10. The molecule has 23 heavy (non-hydrogen) atoms. The minimum Gasteiger partial charge on any atom is -0.503 e. The van der Waals surface area contributed by atoms with Crippen molar-refractivity contribution in [2.45, 2.75) is 38.4 Å². The van der Waals surface area contributed by atoms with Crippen LogP contribution in [0.4, 0.5) is 0 Å². The lowest BCUT2D eigenvalue weighted by Crippen LogP contribution is -2.34. The highest BCUT2D eigenvalue weighted by Crippen LogP contribution is 2.41. The molecule has 0 radical (unpaired) electrons. The number of pyridine rings is 1. The van der Waals surface area contributed by atoms with Gasteiger partial charge in [-0.15, -0.1) is 0 Å². The molecule has 0 spiro atoms. The maximum atomic E-state index is 11.6. The van der Waals surface area contributed by atoms with Gasteiger partial charge in [0.05, 0.1) is 6.20 Å². The summed E-state index contributed by atoms with van der Waals surface area (Å²) < 4.78 is 1.95. The normalized spacial score (nSPS) is 18.0. The van der Waals surface area contributed by atoms with Crippen LogP contribution < -0.4 is 5.43 Å². The van der Waals surface area contributed by atoms with Gasteiger partial charge in [0.2, 0.25) is 5.43 Å². The monoisotopic (exact) mass is 330 g/mol. The van der Waals surface area contributed by atoms with Crippen molar-refractivity contribution >= 4 is 11.6 Å². The Balaban J connectivity index is 1.51. The molecule has 0 saturated heterocycles. The lowest BCUT2D eigenvalue weighted by Gasteiger charge is -2.30. The van der Waals surface area contributed by atoms with Gasteiger partial charge < -0.3 is 9.67 Å². The van der Waals surface area contributed by atoms with E-state index in [-0.39, 0.29) is 11.2 Å². The Labute approximate surface area is 139 Å². The highest BCUT2D eigenvalue weighted by atomic mass is 35.5. The molecule has 1 aliphatic heterocycles. The van der Waals surface area contributed by atoms with Crippen LogP contribution in [0.5, 0.6) is 5.75 Å². The van der Waals surface area contributed by atoms with Crippen LogP contribution in [0.1, 0.15) is 35.6 Å². The van der Waals surface area contributed by atoms with Crippen LogP contribution in [0.25, 0.3) is 0 Å². The van der Waals surface area contributed by atoms with Gasteiger partial charge in [-0.3, -0.25) is 9.69 Å². The van der Waals surface area contributed by atoms with Crippen LogP contribution in [0, 0.1) is 0 Å². The molecular weight excluding hydrogens is 312 g/mol. The number of hydrogen-bond acceptors (Lipinski definition) is 3. The lowest BCUT2D eigenvalue weighted by molar-refractivity contribution is 0.210. The Bertz CT molecular complexity index is 811. The molecule has 1 fully saturated rings. The third kappa shape index (κ3) is 3.01. The van der Waals surface area contributed by atoms with Gasteiger partial charge in [-0.2, -0.15) is 0 Å². The smallest absolute Gasteiger partial charge is 0.223 e. The third-order valence-corrected chi connectivity index (χ3v) is 5.11. The second-order valence-corrected chi connectivity index (χ2v) is 6.95. The molecule has 2 heterocycles. The van der Waals surface area contributed by atoms with Crippen molar-refractivity contribution in [3.05, 3.63) is 62.5 Å². The highest BCUT2D eigenvalue weighted by Gasteiger charge is 2.24. The second kappa shape index (κ2) is 5.69. The van der Waals surface area contributed by atoms with Crippen LogP contribution in [0.2, 0.25) is 5.02 Å². The first-order valence-corrected chi connectivity index (χ1v) is 8.41. The van der Waals surface area contributed by atoms with E-state index in [1.165, 1.54) is 30.7 Å². The molecule has 5 heteroatoms. The summed E-state index contributed by atoms with van der Waals surface area (Å²) in [5.74, 6) is 0.531. The Morgan fingerprint density at radius 3 is 2.78 bits per heavy atom. The van der Waals surface area contributed by atoms with Crippen LogP contribution >= 0.6 is 11.6 Å². The molecule has 0 atom stereocenters. The molecule has 0 unspecified atom stereocenters. The van der Waals surface area contributed by atoms with Crippen molar-refractivity contribution in [1.29, 1.82) is 0 Å². The van der Waals surface area contributed by atoms with E-state index in [0.717, 1.165) is 35.9 Å². The summed E-state index contributed by atoms with van der Waals surface area (Å²) in [6, 6.07) is 7.96. The third-order valence-electron chi connectivity index (χ3n) is 4.76. The summed E-state index contributed by atoms with van der Waals surface area (Å²) >= 11 is 6.45. The topological polar surface area (TPSA) is 45.5 Å². The first kappa shape index (κ1) is 14.8. The Morgan fingerprint density at radius 1 is 1.22 bits per heavy atom. The zero-order valence-electron chi connectivity index (χ0n) is 12.8. The van der Waals surface area contributed by atoms with Crippen molar-refractivity contribution in [2.24, 2.45) is 0 Å². The molecule has 0 amide bonds. The van der Waals surface area contributed by atoms with E-state index < -0.39 is 0 Å². The van der Waals surface area contributed by atoms with Crippen LogP contribution in [0.3, 0.4) is 0 Å². The number of nitrogens with zero attached hydrogens (tertiary/aromatic N) is 2. The molecular formula is C18H19ClN2O2. The summed E-state index contributed by atoms with van der Waals surface area (Å²) in [6.45, 7) is 3.10. The fourth-order valence-corrected chi connectivity index (χ4v) is 3.49. The summed E-state index contributed by atoms with van der Waals surface area (Å²) in [5, 5.41) is 10.4. The molecule has 120 valence electrons. The first-order chi connectivity index (χ1) is 11.1. The molecule has 2 aromatic rings. The average molecular weight is 331 g/mol. The molecule has 0 bridgehead atoms. The first-order valence-electron chi connectivity index (χ1n) is 8.03. The minimum atomic E-state index is -0.315. The molecule has 4 nitrogen and oxygen atoms in total. The summed E-state index contributed by atoms with van der Waals surface area (Å²) in [5.41, 5.74) is 3.10. The number of fused-ring (bicyclic) bond motifs is 1. The Kier molecular flexibility index (Phi) is 3.66. The number of aromatic nitrogens is 1. The van der Waals surface area contributed by atoms with E-state index in [1.54, 1.807) is 0 Å². The van der Waals surface area contributed by atoms with Gasteiger partial charge in [-0.1, -0.05) is 23.7 Å². The van der Waals surface area contributed by atoms with Gasteiger partial charge in [0.25, 0.3) is 0 Å². The van der Waals surface area contributed by atoms with Crippen molar-refractivity contribution in [3.8, 4) is 5.75 Å². The maximum absolute atomic E-state index is 11.6. The van der Waals surface area contributed by atoms with Crippen molar-refractivity contribution in [2.75, 3.05) is 6.54 Å². The highest BCUT2D eigenvalue weighted by molar-refractivity contribution is 6.31. The van der Waals surface area contributed by atoms with Gasteiger partial charge >= 0.3 is 0 Å². The molecule has 1 aromatic heterocycles. The van der Waals surface area contributed by atoms with Gasteiger partial charge in [-0.25, -0.2) is 0 Å². The van der Waals surface area contributed by atoms with Crippen LogP contribution in [0.15, 0.2) is 35.3 Å². The molecule has 1 aromatic carbocycles. The van der Waals surface area contributed by atoms with E-state index >= 15 is 0 Å². The summed E-state index contributed by atoms with van der Waals surface area (Å²) in [7, 11) is 0. The van der Waals surface area contributed by atoms with Gasteiger partial charge in [0, 0.05) is 43.0 Å². The maximum Gasteiger partial charge on any atom is 0.223 e. The minimum absolute atomic E-state index is 0.180. The Hall–Kier alpha value is -1.78. The van der Waals surface area contributed by atoms with E-state index in [1.807, 2.05) is 4.57 Å². The molecule has 2 aliphatic rings. The zero-order chi connectivity index (χ0) is 16.0. The van der Waals surface area contributed by atoms with Crippen LogP contribution in [-0.2, 0) is 19.6 Å². The second-order valence-electron chi connectivity index (χ2n) is 6.54. The number of hydrogen-bond donors (Lipinski definition) is 1. The summed E-state index contributed by atoms with van der Waals surface area (Å²) in [6.07, 6.45) is 4.09. The van der Waals surface area contributed by atoms with E-state index in [0.29, 0.717) is 12.5 Å². The lowest BCUT2D eigenvalue weighted by atomic mass is 10.1. The van der Waals surface area contributed by atoms with Crippen molar-refractivity contribution in [1.82, 2.24) is 9.47 Å². The zero-order valence-corrected chi connectivity index (χ0v) is 13.6. The number of rotatable bonds is 3. The van der Waals surface area contributed by atoms with Crippen molar-refractivity contribution < 1.29 is 5.11 Å². The summed E-state index contributed by atoms with van der Waals surface area (Å²) in [4.78, 5) is 13.9. The average Bonchev–Trinajstić information content (AvgIpc) is 3.35. The fraction of sp³-hybridized carbons (Fsp3) is 0.389. The predicted molar refractivity (Wildman–Crippen MR) is 89.9 cm³/mol. The number of halogens is 1. The quantitative estimate of drug-likeness (QED) is 0.940. The van der Waals surface area contributed by atoms with Crippen LogP contribution in [-0.4, -0.2) is 21.1 Å². The van der Waals surface area contributed by atoms with E-state index in [9.17, 15) is 9.90 Å². The molecule has 1 saturated carbocycles. The number of benzene rings is 1. The standard InChI is InChI=1S/C18H19ClN2O2/c19-16-7-13(12-1-2-12)3-4-14(16)9-20-5-6-21-11-18(23)17(22)8-15(21)10-20/h3-4,7-8,11-12,23H,1-2,5-6,9-10H2. The van der Waals surface area contributed by atoms with Crippen molar-refractivity contribution in [3.63, 3.8) is 0 Å². The molecule has 4 rings (SSSR count).